The molecule has 0 aromatic rings. The van der Waals surface area contributed by atoms with Crippen molar-refractivity contribution in [2.24, 2.45) is 23.2 Å². The average Bonchev–Trinajstić information content (AvgIpc) is 2.37. The molecule has 3 atom stereocenters. The molecule has 0 aliphatic heterocycles. The van der Waals surface area contributed by atoms with E-state index in [9.17, 15) is 0 Å². The van der Waals surface area contributed by atoms with Crippen molar-refractivity contribution in [2.45, 2.75) is 104 Å². The fourth-order valence-electron chi connectivity index (χ4n) is 4.37. The maximum atomic E-state index is 3.20. The molecule has 0 aromatic heterocycles. The highest BCUT2D eigenvalue weighted by atomic mass is 31.0. The highest BCUT2D eigenvalue weighted by Gasteiger charge is 2.36. The van der Waals surface area contributed by atoms with Crippen molar-refractivity contribution in [1.82, 2.24) is 0 Å². The molecule has 0 heterocycles. The van der Waals surface area contributed by atoms with Gasteiger partial charge in [0.25, 0.3) is 0 Å². The Hall–Kier alpha value is 0.430. The zero-order valence-corrected chi connectivity index (χ0v) is 16.8. The van der Waals surface area contributed by atoms with Crippen LogP contribution in [0.5, 0.6) is 0 Å². The van der Waals surface area contributed by atoms with E-state index in [0.29, 0.717) is 10.6 Å². The summed E-state index contributed by atoms with van der Waals surface area (Å²) in [5.74, 6) is 2.82. The third kappa shape index (κ3) is 7.02. The predicted octanol–water partition coefficient (Wildman–Crippen LogP) is 7.08. The predicted molar refractivity (Wildman–Crippen MR) is 101 cm³/mol. The molecule has 126 valence electrons. The van der Waals surface area contributed by atoms with Gasteiger partial charge >= 0.3 is 0 Å². The van der Waals surface area contributed by atoms with Crippen LogP contribution in [0.2, 0.25) is 0 Å². The molecule has 0 radical (unpaired) electrons. The Labute approximate surface area is 137 Å². The molecule has 1 rings (SSSR count). The SMILES string of the molecule is CCC(C)CCCC(C)(P)CC(C)(C)C1CCC(C)CC1. The van der Waals surface area contributed by atoms with E-state index in [1.54, 1.807) is 0 Å². The third-order valence-corrected chi connectivity index (χ3v) is 6.62. The van der Waals surface area contributed by atoms with Crippen molar-refractivity contribution < 1.29 is 0 Å². The molecule has 1 saturated carbocycles. The van der Waals surface area contributed by atoms with Crippen LogP contribution in [0, 0.1) is 23.2 Å². The first-order valence-corrected chi connectivity index (χ1v) is 10.0. The molecule has 21 heavy (non-hydrogen) atoms. The highest BCUT2D eigenvalue weighted by Crippen LogP contribution is 2.47. The summed E-state index contributed by atoms with van der Waals surface area (Å²) in [6, 6.07) is 0. The molecule has 0 saturated heterocycles. The molecule has 0 spiro atoms. The molecule has 1 aliphatic rings. The van der Waals surface area contributed by atoms with Crippen LogP contribution >= 0.6 is 9.24 Å². The summed E-state index contributed by atoms with van der Waals surface area (Å²) in [7, 11) is 3.20. The monoisotopic (exact) mass is 312 g/mol. The van der Waals surface area contributed by atoms with E-state index in [1.165, 1.54) is 57.8 Å². The second-order valence-corrected chi connectivity index (χ2v) is 10.6. The summed E-state index contributed by atoms with van der Waals surface area (Å²) < 4.78 is 0. The van der Waals surface area contributed by atoms with Gasteiger partial charge in [0, 0.05) is 0 Å². The number of hydrogen-bond acceptors (Lipinski definition) is 0. The Bertz CT molecular complexity index is 284. The van der Waals surface area contributed by atoms with Gasteiger partial charge in [-0.15, -0.1) is 9.24 Å². The molecule has 1 fully saturated rings. The molecular formula is C20H41P. The van der Waals surface area contributed by atoms with E-state index in [4.69, 9.17) is 0 Å². The summed E-state index contributed by atoms with van der Waals surface area (Å²) in [6.07, 6.45) is 12.7. The first kappa shape index (κ1) is 19.5. The lowest BCUT2D eigenvalue weighted by Crippen LogP contribution is -2.34. The van der Waals surface area contributed by atoms with Gasteiger partial charge in [0.05, 0.1) is 0 Å². The lowest BCUT2D eigenvalue weighted by atomic mass is 9.65. The minimum Gasteiger partial charge on any atom is -0.131 e. The zero-order valence-electron chi connectivity index (χ0n) is 15.7. The van der Waals surface area contributed by atoms with E-state index in [-0.39, 0.29) is 0 Å². The van der Waals surface area contributed by atoms with Crippen molar-refractivity contribution in [3.8, 4) is 0 Å². The van der Waals surface area contributed by atoms with Crippen LogP contribution in [-0.2, 0) is 0 Å². The molecule has 0 aromatic carbocycles. The second kappa shape index (κ2) is 8.33. The molecule has 0 bridgehead atoms. The summed E-state index contributed by atoms with van der Waals surface area (Å²) >= 11 is 0. The van der Waals surface area contributed by atoms with E-state index in [0.717, 1.165) is 17.8 Å². The molecule has 3 unspecified atom stereocenters. The number of hydrogen-bond donors (Lipinski definition) is 0. The van der Waals surface area contributed by atoms with E-state index >= 15 is 0 Å². The molecule has 0 nitrogen and oxygen atoms in total. The van der Waals surface area contributed by atoms with Gasteiger partial charge in [0.1, 0.15) is 0 Å². The third-order valence-electron chi connectivity index (χ3n) is 6.12. The van der Waals surface area contributed by atoms with E-state index in [1.807, 2.05) is 0 Å². The van der Waals surface area contributed by atoms with Gasteiger partial charge in [-0.1, -0.05) is 73.6 Å². The van der Waals surface area contributed by atoms with Gasteiger partial charge in [0.2, 0.25) is 0 Å². The van der Waals surface area contributed by atoms with E-state index in [2.05, 4.69) is 50.8 Å². The largest absolute Gasteiger partial charge is 0.131 e. The summed E-state index contributed by atoms with van der Waals surface area (Å²) in [6.45, 7) is 14.7. The smallest absolute Gasteiger partial charge is 0.0173 e. The van der Waals surface area contributed by atoms with Crippen molar-refractivity contribution in [3.63, 3.8) is 0 Å². The quantitative estimate of drug-likeness (QED) is 0.420. The summed E-state index contributed by atoms with van der Waals surface area (Å²) in [5, 5.41) is 0.431. The van der Waals surface area contributed by atoms with Crippen LogP contribution in [0.25, 0.3) is 0 Å². The Morgan fingerprint density at radius 3 is 2.19 bits per heavy atom. The van der Waals surface area contributed by atoms with Crippen molar-refractivity contribution in [2.75, 3.05) is 0 Å². The Morgan fingerprint density at radius 2 is 1.67 bits per heavy atom. The minimum absolute atomic E-state index is 0.431. The lowest BCUT2D eigenvalue weighted by molar-refractivity contribution is 0.114. The molecule has 0 N–H and O–H groups in total. The van der Waals surface area contributed by atoms with Gasteiger partial charge in [-0.05, 0) is 54.0 Å². The summed E-state index contributed by atoms with van der Waals surface area (Å²) in [5.41, 5.74) is 0.507. The lowest BCUT2D eigenvalue weighted by Gasteiger charge is -2.43. The maximum absolute atomic E-state index is 3.20. The molecular weight excluding hydrogens is 271 g/mol. The first-order valence-electron chi connectivity index (χ1n) is 9.45. The minimum atomic E-state index is 0.431. The fourth-order valence-corrected chi connectivity index (χ4v) is 5.10. The van der Waals surface area contributed by atoms with Crippen LogP contribution < -0.4 is 0 Å². The van der Waals surface area contributed by atoms with Crippen LogP contribution in [0.3, 0.4) is 0 Å². The van der Waals surface area contributed by atoms with Crippen LogP contribution in [0.1, 0.15) is 99.3 Å². The zero-order chi connectivity index (χ0) is 16.1. The fraction of sp³-hybridized carbons (Fsp3) is 1.00. The molecule has 1 heteroatoms. The first-order chi connectivity index (χ1) is 9.66. The average molecular weight is 313 g/mol. The van der Waals surface area contributed by atoms with Crippen LogP contribution in [0.15, 0.2) is 0 Å². The standard InChI is InChI=1S/C20H41P/c1-7-16(2)9-8-14-20(6,21)15-19(4,5)18-12-10-17(3)11-13-18/h16-18H,7-15,21H2,1-6H3. The van der Waals surface area contributed by atoms with Gasteiger partial charge in [-0.3, -0.25) is 0 Å². The van der Waals surface area contributed by atoms with Gasteiger partial charge in [-0.2, -0.15) is 0 Å². The number of rotatable bonds is 8. The van der Waals surface area contributed by atoms with Crippen molar-refractivity contribution in [3.05, 3.63) is 0 Å². The maximum Gasteiger partial charge on any atom is -0.0173 e. The molecule has 1 aliphatic carbocycles. The van der Waals surface area contributed by atoms with Crippen LogP contribution in [-0.4, -0.2) is 5.16 Å². The normalized spacial score (nSPS) is 28.1. The Kier molecular flexibility index (Phi) is 7.73. The Balaban J connectivity index is 2.44. The summed E-state index contributed by atoms with van der Waals surface area (Å²) in [4.78, 5) is 0. The van der Waals surface area contributed by atoms with Gasteiger partial charge in [0.15, 0.2) is 0 Å². The highest BCUT2D eigenvalue weighted by molar-refractivity contribution is 7.18. The van der Waals surface area contributed by atoms with Crippen molar-refractivity contribution >= 4 is 9.24 Å². The van der Waals surface area contributed by atoms with Crippen LogP contribution in [0.4, 0.5) is 0 Å². The molecule has 0 amide bonds. The van der Waals surface area contributed by atoms with E-state index < -0.39 is 0 Å². The Morgan fingerprint density at radius 1 is 1.10 bits per heavy atom. The van der Waals surface area contributed by atoms with Crippen molar-refractivity contribution in [1.29, 1.82) is 0 Å². The van der Waals surface area contributed by atoms with Gasteiger partial charge < -0.3 is 0 Å². The van der Waals surface area contributed by atoms with Gasteiger partial charge in [-0.25, -0.2) is 0 Å². The topological polar surface area (TPSA) is 0 Å². The second-order valence-electron chi connectivity index (χ2n) is 9.18.